The first-order chi connectivity index (χ1) is 14.2. The molecule has 1 aromatic carbocycles. The molecule has 1 aromatic heterocycles. The highest BCUT2D eigenvalue weighted by Gasteiger charge is 2.36. The summed E-state index contributed by atoms with van der Waals surface area (Å²) in [6.45, 7) is 1.76. The topological polar surface area (TPSA) is 85.8 Å². The summed E-state index contributed by atoms with van der Waals surface area (Å²) < 4.78 is 54.2. The molecular weight excluding hydrogens is 429 g/mol. The molecule has 1 N–H and O–H groups in total. The third-order valence-corrected chi connectivity index (χ3v) is 4.63. The number of halogens is 4. The van der Waals surface area contributed by atoms with Crippen molar-refractivity contribution >= 4 is 29.1 Å². The maximum Gasteiger partial charge on any atom is 0.423 e. The number of nitrogens with one attached hydrogen (secondary N) is 1. The van der Waals surface area contributed by atoms with Gasteiger partial charge in [0.2, 0.25) is 11.8 Å². The Morgan fingerprint density at radius 1 is 1.23 bits per heavy atom. The van der Waals surface area contributed by atoms with E-state index in [9.17, 15) is 18.0 Å². The highest BCUT2D eigenvalue weighted by molar-refractivity contribution is 6.34. The summed E-state index contributed by atoms with van der Waals surface area (Å²) in [6.07, 6.45) is -4.05. The normalized spacial score (nSPS) is 14.4. The molecule has 8 nitrogen and oxygen atoms in total. The summed E-state index contributed by atoms with van der Waals surface area (Å²) in [5, 5.41) is 2.87. The summed E-state index contributed by atoms with van der Waals surface area (Å²) in [6, 6.07) is 2.87. The van der Waals surface area contributed by atoms with E-state index >= 15 is 0 Å². The number of ether oxygens (including phenoxy) is 3. The third-order valence-electron chi connectivity index (χ3n) is 4.32. The van der Waals surface area contributed by atoms with E-state index in [-0.39, 0.29) is 33.9 Å². The number of carbonyl (C=O) groups excluding carboxylic acids is 1. The van der Waals surface area contributed by atoms with Gasteiger partial charge < -0.3 is 24.4 Å². The van der Waals surface area contributed by atoms with E-state index in [1.165, 1.54) is 19.2 Å². The van der Waals surface area contributed by atoms with Gasteiger partial charge >= 0.3 is 6.18 Å². The van der Waals surface area contributed by atoms with Gasteiger partial charge in [-0.25, -0.2) is 4.98 Å². The minimum absolute atomic E-state index is 0.133. The third kappa shape index (κ3) is 4.68. The number of carbonyl (C=O) groups is 1. The Morgan fingerprint density at radius 3 is 2.53 bits per heavy atom. The van der Waals surface area contributed by atoms with Gasteiger partial charge in [-0.3, -0.25) is 4.79 Å². The summed E-state index contributed by atoms with van der Waals surface area (Å²) >= 11 is 6.29. The zero-order valence-electron chi connectivity index (χ0n) is 16.0. The van der Waals surface area contributed by atoms with Crippen LogP contribution >= 0.6 is 11.6 Å². The first kappa shape index (κ1) is 21.9. The number of rotatable bonds is 5. The number of hydrogen-bond donors (Lipinski definition) is 1. The number of aromatic nitrogens is 2. The smallest absolute Gasteiger partial charge is 0.423 e. The fourth-order valence-corrected chi connectivity index (χ4v) is 3.06. The van der Waals surface area contributed by atoms with Crippen LogP contribution in [-0.2, 0) is 10.9 Å². The predicted octanol–water partition coefficient (Wildman–Crippen LogP) is 3.38. The van der Waals surface area contributed by atoms with Gasteiger partial charge in [0.25, 0.3) is 5.91 Å². The fourth-order valence-electron chi connectivity index (χ4n) is 2.82. The van der Waals surface area contributed by atoms with Crippen molar-refractivity contribution in [2.45, 2.75) is 6.18 Å². The lowest BCUT2D eigenvalue weighted by atomic mass is 10.1. The van der Waals surface area contributed by atoms with E-state index in [1.54, 1.807) is 4.90 Å². The Labute approximate surface area is 174 Å². The van der Waals surface area contributed by atoms with E-state index in [4.69, 9.17) is 25.8 Å². The second kappa shape index (κ2) is 8.92. The molecule has 0 spiro atoms. The van der Waals surface area contributed by atoms with Crippen molar-refractivity contribution in [3.05, 3.63) is 34.5 Å². The van der Waals surface area contributed by atoms with Crippen LogP contribution in [0.15, 0.2) is 18.3 Å². The van der Waals surface area contributed by atoms with Gasteiger partial charge in [-0.2, -0.15) is 18.2 Å². The summed E-state index contributed by atoms with van der Waals surface area (Å²) in [7, 11) is 2.45. The molecule has 2 aromatic rings. The predicted molar refractivity (Wildman–Crippen MR) is 102 cm³/mol. The van der Waals surface area contributed by atoms with Gasteiger partial charge in [-0.1, -0.05) is 11.6 Å². The Kier molecular flexibility index (Phi) is 6.52. The lowest BCUT2D eigenvalue weighted by Gasteiger charge is -2.27. The van der Waals surface area contributed by atoms with Crippen molar-refractivity contribution in [1.29, 1.82) is 0 Å². The van der Waals surface area contributed by atoms with Crippen LogP contribution in [0, 0.1) is 0 Å². The molecule has 30 heavy (non-hydrogen) atoms. The van der Waals surface area contributed by atoms with E-state index < -0.39 is 17.6 Å². The van der Waals surface area contributed by atoms with Crippen LogP contribution in [0.2, 0.25) is 5.02 Å². The van der Waals surface area contributed by atoms with Crippen molar-refractivity contribution in [1.82, 2.24) is 14.9 Å². The van der Waals surface area contributed by atoms with Gasteiger partial charge in [0.05, 0.1) is 43.7 Å². The molecule has 0 aliphatic carbocycles. The molecule has 1 aliphatic heterocycles. The minimum Gasteiger partial charge on any atom is -0.495 e. The number of methoxy groups -OCH3 is 2. The van der Waals surface area contributed by atoms with Crippen molar-refractivity contribution in [3.8, 4) is 11.6 Å². The number of hydrogen-bond acceptors (Lipinski definition) is 7. The molecule has 0 radical (unpaired) electrons. The molecule has 162 valence electrons. The van der Waals surface area contributed by atoms with E-state index in [1.807, 2.05) is 0 Å². The number of nitrogens with zero attached hydrogens (tertiary/aromatic N) is 3. The van der Waals surface area contributed by atoms with Crippen LogP contribution in [0.25, 0.3) is 0 Å². The molecular formula is C18H18ClF3N4O4. The number of morpholine rings is 1. The Balaban J connectivity index is 1.90. The number of anilines is 2. The molecule has 0 saturated carbocycles. The van der Waals surface area contributed by atoms with E-state index in [0.717, 1.165) is 7.11 Å². The molecule has 0 atom stereocenters. The maximum atomic E-state index is 13.0. The number of amides is 1. The van der Waals surface area contributed by atoms with Crippen LogP contribution in [0.1, 0.15) is 15.9 Å². The highest BCUT2D eigenvalue weighted by Crippen LogP contribution is 2.37. The largest absolute Gasteiger partial charge is 0.495 e. The molecule has 1 aliphatic rings. The van der Waals surface area contributed by atoms with Crippen LogP contribution in [-0.4, -0.2) is 61.3 Å². The molecule has 1 saturated heterocycles. The van der Waals surface area contributed by atoms with Crippen LogP contribution < -0.4 is 14.8 Å². The van der Waals surface area contributed by atoms with Crippen molar-refractivity contribution in [2.24, 2.45) is 0 Å². The van der Waals surface area contributed by atoms with Gasteiger partial charge in [-0.05, 0) is 12.1 Å². The zero-order valence-corrected chi connectivity index (χ0v) is 16.8. The monoisotopic (exact) mass is 446 g/mol. The summed E-state index contributed by atoms with van der Waals surface area (Å²) in [5.74, 6) is -0.843. The average molecular weight is 447 g/mol. The first-order valence-corrected chi connectivity index (χ1v) is 9.12. The zero-order chi connectivity index (χ0) is 21.9. The second-order valence-corrected chi connectivity index (χ2v) is 6.58. The van der Waals surface area contributed by atoms with E-state index in [0.29, 0.717) is 32.5 Å². The standard InChI is InChI=1S/C18H18ClF3N4O4/c1-28-14-7-10(16(27)26-3-5-30-6-4-26)12(19)8-13(14)24-17-23-9-11(18(20,21)22)15(25-17)29-2/h7-9H,3-6H2,1-2H3,(H,23,24,25). The maximum absolute atomic E-state index is 13.0. The fraction of sp³-hybridized carbons (Fsp3) is 0.389. The molecule has 1 fully saturated rings. The van der Waals surface area contributed by atoms with E-state index in [2.05, 4.69) is 15.3 Å². The molecule has 2 heterocycles. The summed E-state index contributed by atoms with van der Waals surface area (Å²) in [5.41, 5.74) is -0.610. The molecule has 3 rings (SSSR count). The molecule has 1 amide bonds. The first-order valence-electron chi connectivity index (χ1n) is 8.74. The van der Waals surface area contributed by atoms with Crippen molar-refractivity contribution in [3.63, 3.8) is 0 Å². The average Bonchev–Trinajstić information content (AvgIpc) is 2.73. The number of benzene rings is 1. The Bertz CT molecular complexity index is 936. The lowest BCUT2D eigenvalue weighted by molar-refractivity contribution is -0.139. The molecule has 12 heteroatoms. The van der Waals surface area contributed by atoms with Gasteiger partial charge in [-0.15, -0.1) is 0 Å². The highest BCUT2D eigenvalue weighted by atomic mass is 35.5. The van der Waals surface area contributed by atoms with Crippen LogP contribution in [0.5, 0.6) is 11.6 Å². The van der Waals surface area contributed by atoms with Crippen molar-refractivity contribution < 1.29 is 32.2 Å². The SMILES string of the molecule is COc1cc(C(=O)N2CCOCC2)c(Cl)cc1Nc1ncc(C(F)(F)F)c(OC)n1. The molecule has 0 bridgehead atoms. The second-order valence-electron chi connectivity index (χ2n) is 6.18. The lowest BCUT2D eigenvalue weighted by Crippen LogP contribution is -2.40. The van der Waals surface area contributed by atoms with Crippen molar-refractivity contribution in [2.75, 3.05) is 45.8 Å². The Hall–Kier alpha value is -2.79. The van der Waals surface area contributed by atoms with Crippen LogP contribution in [0.3, 0.4) is 0 Å². The van der Waals surface area contributed by atoms with Gasteiger partial charge in [0.1, 0.15) is 11.3 Å². The molecule has 0 unspecified atom stereocenters. The summed E-state index contributed by atoms with van der Waals surface area (Å²) in [4.78, 5) is 21.8. The minimum atomic E-state index is -4.66. The quantitative estimate of drug-likeness (QED) is 0.753. The van der Waals surface area contributed by atoms with Gasteiger partial charge in [0.15, 0.2) is 0 Å². The number of alkyl halides is 3. The van der Waals surface area contributed by atoms with Gasteiger partial charge in [0, 0.05) is 19.3 Å². The Morgan fingerprint density at radius 2 is 1.93 bits per heavy atom. The van der Waals surface area contributed by atoms with Crippen LogP contribution in [0.4, 0.5) is 24.8 Å².